The Balaban J connectivity index is 1.99. The normalized spacial score (nSPS) is 10.7. The summed E-state index contributed by atoms with van der Waals surface area (Å²) in [6.45, 7) is 1.75. The average Bonchev–Trinajstić information content (AvgIpc) is 2.92. The highest BCUT2D eigenvalue weighted by Gasteiger charge is 2.08. The van der Waals surface area contributed by atoms with Crippen LogP contribution in [0, 0.1) is 12.7 Å². The predicted molar refractivity (Wildman–Crippen MR) is 82.1 cm³/mol. The maximum atomic E-state index is 13.3. The second-order valence-corrected chi connectivity index (χ2v) is 5.49. The first-order valence-electron chi connectivity index (χ1n) is 6.21. The predicted octanol–water partition coefficient (Wildman–Crippen LogP) is 4.51. The molecule has 0 atom stereocenters. The van der Waals surface area contributed by atoms with Gasteiger partial charge in [-0.25, -0.2) is 9.37 Å². The Kier molecular flexibility index (Phi) is 3.24. The maximum absolute atomic E-state index is 13.3. The van der Waals surface area contributed by atoms with Gasteiger partial charge in [0.1, 0.15) is 10.8 Å². The van der Waals surface area contributed by atoms with Crippen LogP contribution in [0.5, 0.6) is 0 Å². The fourth-order valence-corrected chi connectivity index (χ4v) is 2.84. The van der Waals surface area contributed by atoms with Gasteiger partial charge in [0.2, 0.25) is 0 Å². The van der Waals surface area contributed by atoms with Crippen molar-refractivity contribution in [2.45, 2.75) is 6.92 Å². The van der Waals surface area contributed by atoms with Crippen LogP contribution in [0.3, 0.4) is 0 Å². The van der Waals surface area contributed by atoms with Crippen molar-refractivity contribution in [2.75, 3.05) is 5.73 Å². The van der Waals surface area contributed by atoms with E-state index in [1.54, 1.807) is 24.3 Å². The van der Waals surface area contributed by atoms with Crippen LogP contribution in [-0.4, -0.2) is 4.98 Å². The van der Waals surface area contributed by atoms with Crippen LogP contribution < -0.4 is 5.73 Å². The topological polar surface area (TPSA) is 38.9 Å². The Morgan fingerprint density at radius 1 is 1.10 bits per heavy atom. The van der Waals surface area contributed by atoms with Gasteiger partial charge in [-0.1, -0.05) is 12.1 Å². The molecule has 4 heteroatoms. The van der Waals surface area contributed by atoms with E-state index in [1.165, 1.54) is 6.07 Å². The first-order valence-corrected chi connectivity index (χ1v) is 7.09. The molecule has 1 aromatic heterocycles. The summed E-state index contributed by atoms with van der Waals surface area (Å²) in [5.41, 5.74) is 9.91. The number of aromatic nitrogens is 1. The number of nitrogen functional groups attached to an aromatic ring is 1. The third kappa shape index (κ3) is 2.42. The zero-order valence-electron chi connectivity index (χ0n) is 10.9. The summed E-state index contributed by atoms with van der Waals surface area (Å²) in [6.07, 6.45) is 0. The van der Waals surface area contributed by atoms with Gasteiger partial charge < -0.3 is 5.73 Å². The molecule has 0 aliphatic heterocycles. The summed E-state index contributed by atoms with van der Waals surface area (Å²) in [6, 6.07) is 12.7. The molecule has 3 rings (SSSR count). The molecule has 0 bridgehead atoms. The fourth-order valence-electron chi connectivity index (χ4n) is 2.01. The highest BCUT2D eigenvalue weighted by atomic mass is 32.1. The third-order valence-electron chi connectivity index (χ3n) is 3.09. The molecule has 2 N–H and O–H groups in total. The molecule has 0 aliphatic rings. The molecular formula is C16H13FN2S. The van der Waals surface area contributed by atoms with Crippen LogP contribution in [-0.2, 0) is 0 Å². The van der Waals surface area contributed by atoms with Crippen LogP contribution in [0.2, 0.25) is 0 Å². The lowest BCUT2D eigenvalue weighted by Crippen LogP contribution is -1.86. The van der Waals surface area contributed by atoms with Crippen LogP contribution in [0.25, 0.3) is 21.8 Å². The first kappa shape index (κ1) is 12.8. The summed E-state index contributed by atoms with van der Waals surface area (Å²) in [7, 11) is 0. The van der Waals surface area contributed by atoms with Crippen molar-refractivity contribution in [1.29, 1.82) is 0 Å². The Morgan fingerprint density at radius 2 is 1.95 bits per heavy atom. The van der Waals surface area contributed by atoms with E-state index in [4.69, 9.17) is 5.73 Å². The van der Waals surface area contributed by atoms with Gasteiger partial charge in [-0.05, 0) is 42.8 Å². The van der Waals surface area contributed by atoms with Gasteiger partial charge in [0.25, 0.3) is 0 Å². The van der Waals surface area contributed by atoms with Gasteiger partial charge in [0.05, 0.1) is 5.69 Å². The van der Waals surface area contributed by atoms with E-state index < -0.39 is 0 Å². The Bertz CT molecular complexity index is 765. The minimum absolute atomic E-state index is 0.194. The summed E-state index contributed by atoms with van der Waals surface area (Å²) >= 11 is 1.56. The number of hydrogen-bond donors (Lipinski definition) is 1. The van der Waals surface area contributed by atoms with E-state index in [0.29, 0.717) is 5.56 Å². The number of rotatable bonds is 2. The van der Waals surface area contributed by atoms with E-state index >= 15 is 0 Å². The molecule has 0 saturated carbocycles. The molecule has 2 aromatic carbocycles. The van der Waals surface area contributed by atoms with E-state index in [-0.39, 0.29) is 5.82 Å². The molecule has 1 heterocycles. The largest absolute Gasteiger partial charge is 0.399 e. The van der Waals surface area contributed by atoms with Gasteiger partial charge in [-0.3, -0.25) is 0 Å². The van der Waals surface area contributed by atoms with Gasteiger partial charge in [-0.2, -0.15) is 0 Å². The molecule has 0 radical (unpaired) electrons. The SMILES string of the molecule is Cc1cc(-c2csc(-c3cccc(N)c3)n2)ccc1F. The molecule has 2 nitrogen and oxygen atoms in total. The van der Waals surface area contributed by atoms with Gasteiger partial charge >= 0.3 is 0 Å². The lowest BCUT2D eigenvalue weighted by molar-refractivity contribution is 0.619. The van der Waals surface area contributed by atoms with Crippen molar-refractivity contribution in [3.63, 3.8) is 0 Å². The monoisotopic (exact) mass is 284 g/mol. The highest BCUT2D eigenvalue weighted by molar-refractivity contribution is 7.13. The van der Waals surface area contributed by atoms with Gasteiger partial charge in [0.15, 0.2) is 0 Å². The highest BCUT2D eigenvalue weighted by Crippen LogP contribution is 2.30. The van der Waals surface area contributed by atoms with Crippen molar-refractivity contribution in [3.05, 3.63) is 59.2 Å². The molecule has 0 amide bonds. The van der Waals surface area contributed by atoms with E-state index in [9.17, 15) is 4.39 Å². The van der Waals surface area contributed by atoms with Crippen molar-refractivity contribution in [3.8, 4) is 21.8 Å². The standard InChI is InChI=1S/C16H13FN2S/c1-10-7-11(5-6-14(10)17)15-9-20-16(19-15)12-3-2-4-13(18)8-12/h2-9H,18H2,1H3. The van der Waals surface area contributed by atoms with Crippen LogP contribution in [0.4, 0.5) is 10.1 Å². The molecule has 0 fully saturated rings. The van der Waals surface area contributed by atoms with Crippen molar-refractivity contribution in [1.82, 2.24) is 4.98 Å². The number of halogens is 1. The number of hydrogen-bond acceptors (Lipinski definition) is 3. The zero-order valence-corrected chi connectivity index (χ0v) is 11.7. The third-order valence-corrected chi connectivity index (χ3v) is 3.98. The Morgan fingerprint density at radius 3 is 2.70 bits per heavy atom. The van der Waals surface area contributed by atoms with Crippen molar-refractivity contribution < 1.29 is 4.39 Å². The summed E-state index contributed by atoms with van der Waals surface area (Å²) < 4.78 is 13.3. The number of thiazole rings is 1. The smallest absolute Gasteiger partial charge is 0.126 e. The number of aryl methyl sites for hydroxylation is 1. The van der Waals surface area contributed by atoms with Gasteiger partial charge in [0, 0.05) is 22.2 Å². The lowest BCUT2D eigenvalue weighted by atomic mass is 10.1. The first-order chi connectivity index (χ1) is 9.63. The van der Waals surface area contributed by atoms with E-state index in [2.05, 4.69) is 4.98 Å². The summed E-state index contributed by atoms with van der Waals surface area (Å²) in [5, 5.41) is 2.89. The second-order valence-electron chi connectivity index (χ2n) is 4.63. The molecule has 100 valence electrons. The second kappa shape index (κ2) is 5.06. The number of nitrogens with zero attached hydrogens (tertiary/aromatic N) is 1. The van der Waals surface area contributed by atoms with Crippen LogP contribution in [0.15, 0.2) is 47.8 Å². The molecule has 3 aromatic rings. The molecule has 0 aliphatic carbocycles. The number of benzene rings is 2. The molecular weight excluding hydrogens is 271 g/mol. The van der Waals surface area contributed by atoms with Crippen LogP contribution >= 0.6 is 11.3 Å². The van der Waals surface area contributed by atoms with E-state index in [1.807, 2.05) is 35.7 Å². The quantitative estimate of drug-likeness (QED) is 0.703. The Labute approximate surface area is 120 Å². The summed E-state index contributed by atoms with van der Waals surface area (Å²) in [4.78, 5) is 4.60. The zero-order chi connectivity index (χ0) is 14.1. The Hall–Kier alpha value is -2.20. The maximum Gasteiger partial charge on any atom is 0.126 e. The van der Waals surface area contributed by atoms with Crippen molar-refractivity contribution >= 4 is 17.0 Å². The minimum atomic E-state index is -0.194. The number of anilines is 1. The molecule has 0 unspecified atom stereocenters. The molecule has 0 saturated heterocycles. The fraction of sp³-hybridized carbons (Fsp3) is 0.0625. The molecule has 20 heavy (non-hydrogen) atoms. The summed E-state index contributed by atoms with van der Waals surface area (Å²) in [5.74, 6) is -0.194. The number of nitrogens with two attached hydrogens (primary N) is 1. The lowest BCUT2D eigenvalue weighted by Gasteiger charge is -2.00. The minimum Gasteiger partial charge on any atom is -0.399 e. The molecule has 0 spiro atoms. The van der Waals surface area contributed by atoms with Crippen molar-refractivity contribution in [2.24, 2.45) is 0 Å². The van der Waals surface area contributed by atoms with Gasteiger partial charge in [-0.15, -0.1) is 11.3 Å². The van der Waals surface area contributed by atoms with Crippen LogP contribution in [0.1, 0.15) is 5.56 Å². The average molecular weight is 284 g/mol. The van der Waals surface area contributed by atoms with E-state index in [0.717, 1.165) is 27.5 Å².